The molecule has 2 saturated carbocycles. The lowest BCUT2D eigenvalue weighted by Gasteiger charge is -2.19. The molecule has 0 bridgehead atoms. The number of hydrogen-bond acceptors (Lipinski definition) is 2. The van der Waals surface area contributed by atoms with Crippen LogP contribution in [-0.4, -0.2) is 38.0 Å². The summed E-state index contributed by atoms with van der Waals surface area (Å²) in [6.07, 6.45) is 7.58. The Morgan fingerprint density at radius 3 is 2.63 bits per heavy atom. The molecule has 1 amide bonds. The highest BCUT2D eigenvalue weighted by atomic mass is 127. The SMILES string of the molecule is CN=C(NCCC(=O)NC1CCCC1)NCC1(c2cccc(Br)c2)CC1.I. The standard InChI is InChI=1S/C20H29BrN4O.HI/c1-22-19(23-12-9-18(26)25-17-7-2-3-8-17)24-14-20(10-11-20)15-5-4-6-16(21)13-15;/h4-6,13,17H,2-3,7-12,14H2,1H3,(H,25,26)(H2,22,23,24);1H. The van der Waals surface area contributed by atoms with E-state index in [9.17, 15) is 4.79 Å². The van der Waals surface area contributed by atoms with Crippen LogP contribution in [0, 0.1) is 0 Å². The second-order valence-corrected chi connectivity index (χ2v) is 8.36. The number of benzene rings is 1. The molecule has 1 aromatic rings. The fourth-order valence-corrected chi connectivity index (χ4v) is 4.07. The Morgan fingerprint density at radius 2 is 2.00 bits per heavy atom. The molecule has 0 radical (unpaired) electrons. The van der Waals surface area contributed by atoms with Gasteiger partial charge in [0.25, 0.3) is 0 Å². The van der Waals surface area contributed by atoms with Gasteiger partial charge in [0.2, 0.25) is 5.91 Å². The van der Waals surface area contributed by atoms with E-state index in [0.29, 0.717) is 19.0 Å². The predicted molar refractivity (Wildman–Crippen MR) is 125 cm³/mol. The first-order valence-electron chi connectivity index (χ1n) is 9.61. The van der Waals surface area contributed by atoms with Crippen molar-refractivity contribution in [2.75, 3.05) is 20.1 Å². The quantitative estimate of drug-likeness (QED) is 0.276. The van der Waals surface area contributed by atoms with Crippen molar-refractivity contribution in [3.8, 4) is 0 Å². The highest BCUT2D eigenvalue weighted by Gasteiger charge is 2.44. The summed E-state index contributed by atoms with van der Waals surface area (Å²) < 4.78 is 1.12. The summed E-state index contributed by atoms with van der Waals surface area (Å²) in [5.74, 6) is 0.896. The zero-order valence-corrected chi connectivity index (χ0v) is 19.8. The molecule has 0 unspecified atom stereocenters. The van der Waals surface area contributed by atoms with Gasteiger partial charge in [-0.1, -0.05) is 40.9 Å². The van der Waals surface area contributed by atoms with Crippen molar-refractivity contribution >= 4 is 51.8 Å². The normalized spacial score (nSPS) is 18.5. The lowest BCUT2D eigenvalue weighted by atomic mass is 9.96. The molecule has 0 aliphatic heterocycles. The van der Waals surface area contributed by atoms with E-state index in [4.69, 9.17) is 0 Å². The molecule has 3 N–H and O–H groups in total. The minimum atomic E-state index is 0. The highest BCUT2D eigenvalue weighted by molar-refractivity contribution is 14.0. The van der Waals surface area contributed by atoms with Crippen LogP contribution in [0.3, 0.4) is 0 Å². The van der Waals surface area contributed by atoms with Crippen LogP contribution in [0.15, 0.2) is 33.7 Å². The zero-order valence-electron chi connectivity index (χ0n) is 15.9. The van der Waals surface area contributed by atoms with E-state index < -0.39 is 0 Å². The number of halogens is 2. The lowest BCUT2D eigenvalue weighted by molar-refractivity contribution is -0.121. The minimum Gasteiger partial charge on any atom is -0.356 e. The van der Waals surface area contributed by atoms with Gasteiger partial charge in [0.05, 0.1) is 0 Å². The average molecular weight is 549 g/mol. The summed E-state index contributed by atoms with van der Waals surface area (Å²) in [6, 6.07) is 8.95. The first-order chi connectivity index (χ1) is 12.6. The van der Waals surface area contributed by atoms with Gasteiger partial charge in [0.1, 0.15) is 0 Å². The number of guanidine groups is 1. The summed E-state index contributed by atoms with van der Waals surface area (Å²) >= 11 is 3.56. The van der Waals surface area contributed by atoms with E-state index in [1.165, 1.54) is 31.2 Å². The molecular formula is C20H30BrIN4O. The Hall–Kier alpha value is -0.830. The lowest BCUT2D eigenvalue weighted by Crippen LogP contribution is -2.43. The zero-order chi connectivity index (χ0) is 18.4. The maximum Gasteiger partial charge on any atom is 0.221 e. The molecule has 5 nitrogen and oxygen atoms in total. The number of aliphatic imine (C=N–C) groups is 1. The molecule has 7 heteroatoms. The fraction of sp³-hybridized carbons (Fsp3) is 0.600. The third-order valence-electron chi connectivity index (χ3n) is 5.47. The summed E-state index contributed by atoms with van der Waals surface area (Å²) in [5, 5.41) is 9.81. The summed E-state index contributed by atoms with van der Waals surface area (Å²) in [7, 11) is 1.77. The molecule has 27 heavy (non-hydrogen) atoms. The maximum absolute atomic E-state index is 12.0. The van der Waals surface area contributed by atoms with E-state index in [1.54, 1.807) is 7.05 Å². The fourth-order valence-electron chi connectivity index (χ4n) is 3.67. The van der Waals surface area contributed by atoms with Crippen molar-refractivity contribution in [1.82, 2.24) is 16.0 Å². The molecule has 2 aliphatic rings. The Morgan fingerprint density at radius 1 is 1.26 bits per heavy atom. The number of nitrogens with zero attached hydrogens (tertiary/aromatic N) is 1. The molecule has 2 fully saturated rings. The van der Waals surface area contributed by atoms with Gasteiger partial charge >= 0.3 is 0 Å². The molecule has 0 saturated heterocycles. The molecule has 0 spiro atoms. The van der Waals surface area contributed by atoms with Gasteiger partial charge < -0.3 is 16.0 Å². The van der Waals surface area contributed by atoms with E-state index in [-0.39, 0.29) is 35.3 Å². The summed E-state index contributed by atoms with van der Waals surface area (Å²) in [5.41, 5.74) is 1.58. The van der Waals surface area contributed by atoms with Gasteiger partial charge in [0.15, 0.2) is 5.96 Å². The van der Waals surface area contributed by atoms with Crippen molar-refractivity contribution in [2.45, 2.75) is 56.4 Å². The van der Waals surface area contributed by atoms with Gasteiger partial charge in [-0.25, -0.2) is 0 Å². The number of rotatable bonds is 7. The van der Waals surface area contributed by atoms with Crippen LogP contribution in [0.1, 0.15) is 50.5 Å². The Bertz CT molecular complexity index is 657. The number of amides is 1. The third kappa shape index (κ3) is 6.62. The average Bonchev–Trinajstić information content (AvgIpc) is 3.26. The van der Waals surface area contributed by atoms with Crippen LogP contribution >= 0.6 is 39.9 Å². The van der Waals surface area contributed by atoms with Crippen molar-refractivity contribution in [1.29, 1.82) is 0 Å². The number of nitrogens with one attached hydrogen (secondary N) is 3. The number of carbonyl (C=O) groups is 1. The van der Waals surface area contributed by atoms with Gasteiger partial charge in [-0.2, -0.15) is 0 Å². The van der Waals surface area contributed by atoms with Gasteiger partial charge in [-0.15, -0.1) is 24.0 Å². The van der Waals surface area contributed by atoms with E-state index in [2.05, 4.69) is 61.1 Å². The minimum absolute atomic E-state index is 0. The largest absolute Gasteiger partial charge is 0.356 e. The Balaban J connectivity index is 0.00000261. The van der Waals surface area contributed by atoms with Gasteiger partial charge in [-0.05, 0) is 43.4 Å². The van der Waals surface area contributed by atoms with Crippen LogP contribution in [0.4, 0.5) is 0 Å². The first-order valence-corrected chi connectivity index (χ1v) is 10.4. The van der Waals surface area contributed by atoms with Crippen LogP contribution in [0.5, 0.6) is 0 Å². The van der Waals surface area contributed by atoms with Crippen LogP contribution in [0.2, 0.25) is 0 Å². The molecule has 1 aromatic carbocycles. The smallest absolute Gasteiger partial charge is 0.221 e. The molecular weight excluding hydrogens is 519 g/mol. The van der Waals surface area contributed by atoms with E-state index in [0.717, 1.165) is 29.8 Å². The predicted octanol–water partition coefficient (Wildman–Crippen LogP) is 3.71. The maximum atomic E-state index is 12.0. The molecule has 0 heterocycles. The second kappa shape index (κ2) is 10.6. The molecule has 0 aromatic heterocycles. The van der Waals surface area contributed by atoms with E-state index in [1.807, 2.05) is 0 Å². The van der Waals surface area contributed by atoms with Gasteiger partial charge in [-0.3, -0.25) is 9.79 Å². The molecule has 0 atom stereocenters. The number of carbonyl (C=O) groups excluding carboxylic acids is 1. The first kappa shape index (κ1) is 22.5. The van der Waals surface area contributed by atoms with Crippen molar-refractivity contribution in [2.24, 2.45) is 4.99 Å². The van der Waals surface area contributed by atoms with Crippen LogP contribution < -0.4 is 16.0 Å². The van der Waals surface area contributed by atoms with Crippen LogP contribution in [-0.2, 0) is 10.2 Å². The van der Waals surface area contributed by atoms with Gasteiger partial charge in [0, 0.05) is 42.5 Å². The van der Waals surface area contributed by atoms with E-state index >= 15 is 0 Å². The Labute approximate surface area is 187 Å². The summed E-state index contributed by atoms with van der Waals surface area (Å²) in [4.78, 5) is 16.3. The summed E-state index contributed by atoms with van der Waals surface area (Å²) in [6.45, 7) is 1.46. The van der Waals surface area contributed by atoms with Crippen molar-refractivity contribution in [3.63, 3.8) is 0 Å². The topological polar surface area (TPSA) is 65.5 Å². The van der Waals surface area contributed by atoms with Crippen molar-refractivity contribution in [3.05, 3.63) is 34.3 Å². The molecule has 2 aliphatic carbocycles. The highest BCUT2D eigenvalue weighted by Crippen LogP contribution is 2.48. The van der Waals surface area contributed by atoms with Crippen molar-refractivity contribution < 1.29 is 4.79 Å². The van der Waals surface area contributed by atoms with Crippen LogP contribution in [0.25, 0.3) is 0 Å². The molecule has 3 rings (SSSR count). The number of hydrogen-bond donors (Lipinski definition) is 3. The molecule has 150 valence electrons. The Kier molecular flexibility index (Phi) is 8.85. The monoisotopic (exact) mass is 548 g/mol. The third-order valence-corrected chi connectivity index (χ3v) is 5.97. The second-order valence-electron chi connectivity index (χ2n) is 7.44.